The number of phenols is 1. The zero-order valence-corrected chi connectivity index (χ0v) is 9.37. The van der Waals surface area contributed by atoms with Gasteiger partial charge in [-0.25, -0.2) is 5.48 Å². The number of halogens is 1. The molecule has 0 spiro atoms. The highest BCUT2D eigenvalue weighted by atomic mass is 79.9. The van der Waals surface area contributed by atoms with E-state index in [1.54, 1.807) is 6.07 Å². The molecule has 1 aliphatic heterocycles. The zero-order valence-electron chi connectivity index (χ0n) is 7.79. The van der Waals surface area contributed by atoms with E-state index in [1.807, 2.05) is 5.48 Å². The molecule has 1 aliphatic rings. The molecule has 0 aromatic heterocycles. The molecule has 82 valence electrons. The summed E-state index contributed by atoms with van der Waals surface area (Å²) < 4.78 is 11.2. The van der Waals surface area contributed by atoms with E-state index in [9.17, 15) is 5.11 Å². The normalized spacial score (nSPS) is 14.0. The van der Waals surface area contributed by atoms with Gasteiger partial charge in [-0.1, -0.05) is 0 Å². The molecule has 0 atom stereocenters. The van der Waals surface area contributed by atoms with Gasteiger partial charge in [0, 0.05) is 12.1 Å². The molecule has 1 aromatic carbocycles. The maximum absolute atomic E-state index is 9.75. The Bertz CT molecular complexity index is 383. The average Bonchev–Trinajstić information content (AvgIpc) is 2.26. The topological polar surface area (TPSA) is 71.0 Å². The zero-order chi connectivity index (χ0) is 10.8. The second-order valence-corrected chi connectivity index (χ2v) is 3.85. The van der Waals surface area contributed by atoms with Gasteiger partial charge in [-0.05, 0) is 22.0 Å². The van der Waals surface area contributed by atoms with Crippen molar-refractivity contribution >= 4 is 15.9 Å². The summed E-state index contributed by atoms with van der Waals surface area (Å²) in [5.74, 6) is 1.11. The first-order valence-electron chi connectivity index (χ1n) is 4.41. The smallest absolute Gasteiger partial charge is 0.179 e. The van der Waals surface area contributed by atoms with Gasteiger partial charge >= 0.3 is 0 Å². The Labute approximate surface area is 94.7 Å². The standard InChI is InChI=1S/C9H10BrNO4/c10-7-8(12)5(4-11-13)3-6-9(7)15-2-1-14-6/h3,11-13H,1-2,4H2. The molecular weight excluding hydrogens is 266 g/mol. The van der Waals surface area contributed by atoms with Gasteiger partial charge in [-0.3, -0.25) is 0 Å². The molecule has 3 N–H and O–H groups in total. The second kappa shape index (κ2) is 4.26. The molecule has 5 nitrogen and oxygen atoms in total. The van der Waals surface area contributed by atoms with Crippen LogP contribution in [-0.2, 0) is 6.54 Å². The molecule has 0 fully saturated rings. The Morgan fingerprint density at radius 2 is 2.13 bits per heavy atom. The van der Waals surface area contributed by atoms with Gasteiger partial charge < -0.3 is 19.8 Å². The lowest BCUT2D eigenvalue weighted by Crippen LogP contribution is -2.16. The van der Waals surface area contributed by atoms with Crippen molar-refractivity contribution in [2.75, 3.05) is 13.2 Å². The van der Waals surface area contributed by atoms with Crippen LogP contribution < -0.4 is 15.0 Å². The monoisotopic (exact) mass is 275 g/mol. The van der Waals surface area contributed by atoms with Gasteiger partial charge in [-0.2, -0.15) is 0 Å². The SMILES string of the molecule is ONCc1cc2c(c(Br)c1O)OCCO2. The van der Waals surface area contributed by atoms with Crippen LogP contribution in [0.1, 0.15) is 5.56 Å². The fourth-order valence-corrected chi connectivity index (χ4v) is 1.97. The summed E-state index contributed by atoms with van der Waals surface area (Å²) in [6.07, 6.45) is 0. The van der Waals surface area contributed by atoms with Crippen LogP contribution in [0, 0.1) is 0 Å². The fourth-order valence-electron chi connectivity index (χ4n) is 1.41. The Morgan fingerprint density at radius 3 is 2.87 bits per heavy atom. The van der Waals surface area contributed by atoms with Gasteiger partial charge in [0.15, 0.2) is 11.5 Å². The summed E-state index contributed by atoms with van der Waals surface area (Å²) in [6, 6.07) is 1.64. The van der Waals surface area contributed by atoms with Crippen LogP contribution in [0.2, 0.25) is 0 Å². The van der Waals surface area contributed by atoms with Crippen LogP contribution in [0.25, 0.3) is 0 Å². The Hall–Kier alpha value is -0.980. The maximum atomic E-state index is 9.75. The van der Waals surface area contributed by atoms with Crippen molar-refractivity contribution in [1.82, 2.24) is 5.48 Å². The molecule has 15 heavy (non-hydrogen) atoms. The molecule has 1 heterocycles. The summed E-state index contributed by atoms with van der Waals surface area (Å²) in [6.45, 7) is 1.08. The van der Waals surface area contributed by atoms with Gasteiger partial charge in [0.1, 0.15) is 23.4 Å². The molecule has 0 unspecified atom stereocenters. The lowest BCUT2D eigenvalue weighted by Gasteiger charge is -2.21. The van der Waals surface area contributed by atoms with Gasteiger partial charge in [0.2, 0.25) is 0 Å². The first-order chi connectivity index (χ1) is 7.24. The van der Waals surface area contributed by atoms with E-state index < -0.39 is 0 Å². The van der Waals surface area contributed by atoms with E-state index in [-0.39, 0.29) is 12.3 Å². The number of hydrogen-bond donors (Lipinski definition) is 3. The van der Waals surface area contributed by atoms with E-state index in [0.717, 1.165) is 0 Å². The minimum atomic E-state index is 0.0424. The number of benzene rings is 1. The summed E-state index contributed by atoms with van der Waals surface area (Å²) in [5.41, 5.74) is 2.52. The molecule has 0 amide bonds. The summed E-state index contributed by atoms with van der Waals surface area (Å²) in [5, 5.41) is 18.3. The molecule has 0 radical (unpaired) electrons. The van der Waals surface area contributed by atoms with Crippen LogP contribution >= 0.6 is 15.9 Å². The first-order valence-corrected chi connectivity index (χ1v) is 5.20. The van der Waals surface area contributed by atoms with Crippen LogP contribution in [0.5, 0.6) is 17.2 Å². The average molecular weight is 276 g/mol. The number of hydrogen-bond acceptors (Lipinski definition) is 5. The number of phenolic OH excluding ortho intramolecular Hbond substituents is 1. The van der Waals surface area contributed by atoms with E-state index in [0.29, 0.717) is 34.7 Å². The van der Waals surface area contributed by atoms with Gasteiger partial charge in [0.05, 0.1) is 0 Å². The molecule has 1 aromatic rings. The predicted octanol–water partition coefficient (Wildman–Crippen LogP) is 1.40. The molecule has 0 aliphatic carbocycles. The Balaban J connectivity index is 2.47. The van der Waals surface area contributed by atoms with Gasteiger partial charge in [-0.15, -0.1) is 0 Å². The third kappa shape index (κ3) is 1.88. The number of fused-ring (bicyclic) bond motifs is 1. The third-order valence-electron chi connectivity index (χ3n) is 2.10. The Morgan fingerprint density at radius 1 is 1.40 bits per heavy atom. The summed E-state index contributed by atoms with van der Waals surface area (Å²) in [7, 11) is 0. The van der Waals surface area contributed by atoms with Crippen molar-refractivity contribution in [2.45, 2.75) is 6.54 Å². The molecular formula is C9H10BrNO4. The number of rotatable bonds is 2. The van der Waals surface area contributed by atoms with E-state index in [1.165, 1.54) is 0 Å². The fraction of sp³-hybridized carbons (Fsp3) is 0.333. The van der Waals surface area contributed by atoms with Crippen LogP contribution in [-0.4, -0.2) is 23.5 Å². The highest BCUT2D eigenvalue weighted by Crippen LogP contribution is 2.44. The first kappa shape index (κ1) is 10.5. The van der Waals surface area contributed by atoms with Crippen LogP contribution in [0.3, 0.4) is 0 Å². The number of ether oxygens (including phenoxy) is 2. The van der Waals surface area contributed by atoms with Crippen molar-refractivity contribution in [2.24, 2.45) is 0 Å². The van der Waals surface area contributed by atoms with Crippen molar-refractivity contribution in [3.8, 4) is 17.2 Å². The largest absolute Gasteiger partial charge is 0.506 e. The second-order valence-electron chi connectivity index (χ2n) is 3.06. The summed E-state index contributed by atoms with van der Waals surface area (Å²) >= 11 is 3.22. The predicted molar refractivity (Wildman–Crippen MR) is 55.4 cm³/mol. The number of hydroxylamine groups is 1. The minimum Gasteiger partial charge on any atom is -0.506 e. The van der Waals surface area contributed by atoms with Crippen LogP contribution in [0.4, 0.5) is 0 Å². The highest BCUT2D eigenvalue weighted by Gasteiger charge is 2.20. The van der Waals surface area contributed by atoms with E-state index >= 15 is 0 Å². The van der Waals surface area contributed by atoms with Crippen LogP contribution in [0.15, 0.2) is 10.5 Å². The lowest BCUT2D eigenvalue weighted by atomic mass is 10.1. The van der Waals surface area contributed by atoms with Crippen molar-refractivity contribution in [3.05, 3.63) is 16.1 Å². The van der Waals surface area contributed by atoms with E-state index in [4.69, 9.17) is 14.7 Å². The Kier molecular flexibility index (Phi) is 2.99. The molecule has 0 saturated heterocycles. The highest BCUT2D eigenvalue weighted by molar-refractivity contribution is 9.10. The number of nitrogens with one attached hydrogen (secondary N) is 1. The van der Waals surface area contributed by atoms with Crippen molar-refractivity contribution in [3.63, 3.8) is 0 Å². The third-order valence-corrected chi connectivity index (χ3v) is 2.83. The molecule has 2 rings (SSSR count). The molecule has 0 bridgehead atoms. The van der Waals surface area contributed by atoms with E-state index in [2.05, 4.69) is 15.9 Å². The molecule has 6 heteroatoms. The van der Waals surface area contributed by atoms with Crippen molar-refractivity contribution < 1.29 is 19.8 Å². The number of aromatic hydroxyl groups is 1. The minimum absolute atomic E-state index is 0.0424. The van der Waals surface area contributed by atoms with Gasteiger partial charge in [0.25, 0.3) is 0 Å². The maximum Gasteiger partial charge on any atom is 0.179 e. The molecule has 0 saturated carbocycles. The summed E-state index contributed by atoms with van der Waals surface area (Å²) in [4.78, 5) is 0. The lowest BCUT2D eigenvalue weighted by molar-refractivity contribution is 0.157. The quantitative estimate of drug-likeness (QED) is 0.712. The van der Waals surface area contributed by atoms with Crippen molar-refractivity contribution in [1.29, 1.82) is 0 Å².